The van der Waals surface area contributed by atoms with Crippen molar-refractivity contribution in [1.82, 2.24) is 15.5 Å². The van der Waals surface area contributed by atoms with E-state index in [-0.39, 0.29) is 17.3 Å². The van der Waals surface area contributed by atoms with Crippen LogP contribution in [-0.4, -0.2) is 40.6 Å². The second-order valence-electron chi connectivity index (χ2n) is 5.20. The average Bonchev–Trinajstić information content (AvgIpc) is 2.61. The number of hydrogen-bond acceptors (Lipinski definition) is 6. The van der Waals surface area contributed by atoms with Crippen LogP contribution in [0.4, 0.5) is 0 Å². The predicted octanol–water partition coefficient (Wildman–Crippen LogP) is 2.57. The van der Waals surface area contributed by atoms with E-state index < -0.39 is 0 Å². The summed E-state index contributed by atoms with van der Waals surface area (Å²) >= 11 is 7.01. The molecule has 2 heterocycles. The van der Waals surface area contributed by atoms with Gasteiger partial charge in [0.25, 0.3) is 0 Å². The number of carbonyl (C=O) groups excluding carboxylic acids is 1. The molecule has 1 aliphatic rings. The molecular formula is C16H16ClN3O3S. The standard InChI is InChI=1S/C16H16ClN3O3S/c1-10(24-15-7-6-14(17)19-20-15)16(21)18-8-11-9-22-12-4-2-3-5-13(12)23-11/h2-7,10-11H,8-9H2,1H3,(H,18,21). The van der Waals surface area contributed by atoms with Gasteiger partial charge in [0, 0.05) is 0 Å². The zero-order chi connectivity index (χ0) is 16.9. The quantitative estimate of drug-likeness (QED) is 0.821. The number of halogens is 1. The highest BCUT2D eigenvalue weighted by Gasteiger charge is 2.22. The molecule has 1 N–H and O–H groups in total. The van der Waals surface area contributed by atoms with E-state index in [1.54, 1.807) is 12.1 Å². The van der Waals surface area contributed by atoms with Gasteiger partial charge >= 0.3 is 0 Å². The normalized spacial score (nSPS) is 17.2. The van der Waals surface area contributed by atoms with Crippen LogP contribution in [0.25, 0.3) is 0 Å². The van der Waals surface area contributed by atoms with Crippen LogP contribution in [0.1, 0.15) is 6.92 Å². The third-order valence-electron chi connectivity index (χ3n) is 3.35. The van der Waals surface area contributed by atoms with Crippen molar-refractivity contribution in [2.24, 2.45) is 0 Å². The monoisotopic (exact) mass is 365 g/mol. The summed E-state index contributed by atoms with van der Waals surface area (Å²) in [6, 6.07) is 10.9. The summed E-state index contributed by atoms with van der Waals surface area (Å²) in [7, 11) is 0. The first-order chi connectivity index (χ1) is 11.6. The molecule has 1 aromatic heterocycles. The Morgan fingerprint density at radius 1 is 1.33 bits per heavy atom. The van der Waals surface area contributed by atoms with Gasteiger partial charge < -0.3 is 14.8 Å². The molecule has 2 atom stereocenters. The molecular weight excluding hydrogens is 350 g/mol. The number of rotatable bonds is 5. The highest BCUT2D eigenvalue weighted by atomic mass is 35.5. The molecule has 0 spiro atoms. The second kappa shape index (κ2) is 7.72. The van der Waals surface area contributed by atoms with Crippen LogP contribution < -0.4 is 14.8 Å². The number of thioether (sulfide) groups is 1. The number of aromatic nitrogens is 2. The summed E-state index contributed by atoms with van der Waals surface area (Å²) in [6.07, 6.45) is -0.212. The maximum absolute atomic E-state index is 12.2. The Hall–Kier alpha value is -1.99. The Balaban J connectivity index is 1.48. The van der Waals surface area contributed by atoms with Gasteiger partial charge in [-0.2, -0.15) is 0 Å². The van der Waals surface area contributed by atoms with Crippen molar-refractivity contribution in [1.29, 1.82) is 0 Å². The van der Waals surface area contributed by atoms with E-state index in [4.69, 9.17) is 21.1 Å². The molecule has 0 bridgehead atoms. The molecule has 24 heavy (non-hydrogen) atoms. The van der Waals surface area contributed by atoms with E-state index in [2.05, 4.69) is 15.5 Å². The fourth-order valence-electron chi connectivity index (χ4n) is 2.12. The third kappa shape index (κ3) is 4.30. The first-order valence-electron chi connectivity index (χ1n) is 7.44. The Morgan fingerprint density at radius 2 is 2.12 bits per heavy atom. The molecule has 2 aromatic rings. The summed E-state index contributed by atoms with van der Waals surface area (Å²) in [6.45, 7) is 2.59. The summed E-state index contributed by atoms with van der Waals surface area (Å²) < 4.78 is 11.4. The van der Waals surface area contributed by atoms with Crippen LogP contribution in [-0.2, 0) is 4.79 Å². The lowest BCUT2D eigenvalue weighted by atomic mass is 10.2. The number of nitrogens with one attached hydrogen (secondary N) is 1. The summed E-state index contributed by atoms with van der Waals surface area (Å²) in [5.74, 6) is 1.33. The average molecular weight is 366 g/mol. The molecule has 0 fully saturated rings. The first kappa shape index (κ1) is 16.9. The number of ether oxygens (including phenoxy) is 2. The number of hydrogen-bond donors (Lipinski definition) is 1. The summed E-state index contributed by atoms with van der Waals surface area (Å²) in [5, 5.41) is 11.2. The third-order valence-corrected chi connectivity index (χ3v) is 4.57. The summed E-state index contributed by atoms with van der Waals surface area (Å²) in [5.41, 5.74) is 0. The van der Waals surface area contributed by atoms with Gasteiger partial charge in [0.15, 0.2) is 16.7 Å². The molecule has 2 unspecified atom stereocenters. The van der Waals surface area contributed by atoms with Crippen LogP contribution in [0.2, 0.25) is 5.15 Å². The molecule has 0 saturated carbocycles. The largest absolute Gasteiger partial charge is 0.486 e. The molecule has 0 aliphatic carbocycles. The number of carbonyl (C=O) groups is 1. The van der Waals surface area contributed by atoms with Crippen LogP contribution >= 0.6 is 23.4 Å². The smallest absolute Gasteiger partial charge is 0.233 e. The molecule has 0 saturated heterocycles. The number of fused-ring (bicyclic) bond motifs is 1. The molecule has 0 radical (unpaired) electrons. The van der Waals surface area contributed by atoms with Crippen molar-refractivity contribution in [3.8, 4) is 11.5 Å². The molecule has 1 aromatic carbocycles. The minimum Gasteiger partial charge on any atom is -0.486 e. The van der Waals surface area contributed by atoms with E-state index in [1.165, 1.54) is 11.8 Å². The van der Waals surface area contributed by atoms with Gasteiger partial charge in [-0.15, -0.1) is 10.2 Å². The molecule has 6 nitrogen and oxygen atoms in total. The highest BCUT2D eigenvalue weighted by molar-refractivity contribution is 8.00. The van der Waals surface area contributed by atoms with Gasteiger partial charge in [0.05, 0.1) is 11.8 Å². The summed E-state index contributed by atoms with van der Waals surface area (Å²) in [4.78, 5) is 12.2. The highest BCUT2D eigenvalue weighted by Crippen LogP contribution is 2.30. The Bertz CT molecular complexity index is 714. The van der Waals surface area contributed by atoms with Crippen molar-refractivity contribution in [3.05, 3.63) is 41.6 Å². The van der Waals surface area contributed by atoms with Gasteiger partial charge in [-0.25, -0.2) is 0 Å². The zero-order valence-electron chi connectivity index (χ0n) is 12.9. The molecule has 1 aliphatic heterocycles. The van der Waals surface area contributed by atoms with E-state index in [0.717, 1.165) is 5.75 Å². The Kier molecular flexibility index (Phi) is 5.42. The number of nitrogens with zero attached hydrogens (tertiary/aromatic N) is 2. The van der Waals surface area contributed by atoms with Crippen LogP contribution in [0.5, 0.6) is 11.5 Å². The first-order valence-corrected chi connectivity index (χ1v) is 8.69. The number of benzene rings is 1. The van der Waals surface area contributed by atoms with Crippen LogP contribution in [0.3, 0.4) is 0 Å². The van der Waals surface area contributed by atoms with Crippen molar-refractivity contribution in [2.45, 2.75) is 23.3 Å². The van der Waals surface area contributed by atoms with E-state index in [1.807, 2.05) is 31.2 Å². The van der Waals surface area contributed by atoms with Crippen molar-refractivity contribution >= 4 is 29.3 Å². The second-order valence-corrected chi connectivity index (χ2v) is 6.95. The van der Waals surface area contributed by atoms with E-state index in [0.29, 0.717) is 29.1 Å². The topological polar surface area (TPSA) is 73.3 Å². The van der Waals surface area contributed by atoms with Gasteiger partial charge in [0.2, 0.25) is 5.91 Å². The lowest BCUT2D eigenvalue weighted by molar-refractivity contribution is -0.120. The predicted molar refractivity (Wildman–Crippen MR) is 91.7 cm³/mol. The van der Waals surface area contributed by atoms with Crippen LogP contribution in [0, 0.1) is 0 Å². The lowest BCUT2D eigenvalue weighted by Gasteiger charge is -2.26. The van der Waals surface area contributed by atoms with E-state index in [9.17, 15) is 4.79 Å². The minimum atomic E-state index is -0.308. The van der Waals surface area contributed by atoms with Gasteiger partial charge in [-0.1, -0.05) is 35.5 Å². The number of amides is 1. The zero-order valence-corrected chi connectivity index (χ0v) is 14.5. The molecule has 1 amide bonds. The van der Waals surface area contributed by atoms with Crippen molar-refractivity contribution in [2.75, 3.05) is 13.2 Å². The fraction of sp³-hybridized carbons (Fsp3) is 0.312. The minimum absolute atomic E-state index is 0.0980. The van der Waals surface area contributed by atoms with E-state index >= 15 is 0 Å². The van der Waals surface area contributed by atoms with Crippen molar-refractivity contribution in [3.63, 3.8) is 0 Å². The van der Waals surface area contributed by atoms with Gasteiger partial charge in [0.1, 0.15) is 17.7 Å². The van der Waals surface area contributed by atoms with Crippen molar-refractivity contribution < 1.29 is 14.3 Å². The Labute approximate surface area is 148 Å². The maximum Gasteiger partial charge on any atom is 0.233 e. The molecule has 3 rings (SSSR count). The van der Waals surface area contributed by atoms with Gasteiger partial charge in [-0.05, 0) is 31.2 Å². The number of para-hydroxylation sites is 2. The fourth-order valence-corrected chi connectivity index (χ4v) is 3.01. The Morgan fingerprint density at radius 3 is 2.88 bits per heavy atom. The van der Waals surface area contributed by atoms with Gasteiger partial charge in [-0.3, -0.25) is 4.79 Å². The lowest BCUT2D eigenvalue weighted by Crippen LogP contribution is -2.42. The molecule has 126 valence electrons. The maximum atomic E-state index is 12.2. The molecule has 8 heteroatoms. The van der Waals surface area contributed by atoms with Crippen LogP contribution in [0.15, 0.2) is 41.4 Å². The SMILES string of the molecule is CC(Sc1ccc(Cl)nn1)C(=O)NCC1COc2ccccc2O1.